The van der Waals surface area contributed by atoms with Crippen LogP contribution in [0.15, 0.2) is 0 Å². The van der Waals surface area contributed by atoms with Crippen LogP contribution >= 0.6 is 0 Å². The van der Waals surface area contributed by atoms with Crippen LogP contribution in [0.2, 0.25) is 0 Å². The van der Waals surface area contributed by atoms with Gasteiger partial charge in [0.1, 0.15) is 0 Å². The number of nitrogens with one attached hydrogen (secondary N) is 1. The van der Waals surface area contributed by atoms with Crippen LogP contribution in [-0.4, -0.2) is 63.9 Å². The lowest BCUT2D eigenvalue weighted by Gasteiger charge is -2.28. The summed E-state index contributed by atoms with van der Waals surface area (Å²) >= 11 is 0. The fourth-order valence-corrected chi connectivity index (χ4v) is 1.68. The van der Waals surface area contributed by atoms with Gasteiger partial charge in [-0.3, -0.25) is 0 Å². The van der Waals surface area contributed by atoms with Gasteiger partial charge >= 0.3 is 0 Å². The van der Waals surface area contributed by atoms with Gasteiger partial charge in [0.2, 0.25) is 0 Å². The average Bonchev–Trinajstić information content (AvgIpc) is 2.37. The van der Waals surface area contributed by atoms with Crippen molar-refractivity contribution in [1.82, 2.24) is 5.32 Å². The molecule has 0 saturated carbocycles. The van der Waals surface area contributed by atoms with E-state index in [-0.39, 0.29) is 12.1 Å². The highest BCUT2D eigenvalue weighted by atomic mass is 16.5. The molecule has 2 N–H and O–H groups in total. The molecule has 0 aliphatic rings. The molecular weight excluding hydrogens is 234 g/mol. The summed E-state index contributed by atoms with van der Waals surface area (Å²) in [5.74, 6) is 0. The molecule has 0 bridgehead atoms. The Morgan fingerprint density at radius 2 is 1.67 bits per heavy atom. The molecule has 0 amide bonds. The monoisotopic (exact) mass is 263 g/mol. The summed E-state index contributed by atoms with van der Waals surface area (Å²) in [6, 6.07) is 0. The maximum Gasteiger partial charge on any atom is 0.0701 e. The Kier molecular flexibility index (Phi) is 11.7. The van der Waals surface area contributed by atoms with Crippen LogP contribution in [0.5, 0.6) is 0 Å². The molecule has 0 fully saturated rings. The maximum atomic E-state index is 9.30. The Balaban J connectivity index is 3.33. The summed E-state index contributed by atoms with van der Waals surface area (Å²) < 4.78 is 15.6. The fraction of sp³-hybridized carbons (Fsp3) is 1.00. The minimum Gasteiger partial charge on any atom is -0.394 e. The number of ether oxygens (including phenoxy) is 3. The highest BCUT2D eigenvalue weighted by Gasteiger charge is 2.20. The number of methoxy groups -OCH3 is 1. The van der Waals surface area contributed by atoms with Crippen LogP contribution in [0.1, 0.15) is 26.7 Å². The molecule has 0 aromatic rings. The summed E-state index contributed by atoms with van der Waals surface area (Å²) in [4.78, 5) is 0. The number of hydrogen-bond acceptors (Lipinski definition) is 5. The van der Waals surface area contributed by atoms with Gasteiger partial charge in [-0.25, -0.2) is 0 Å². The molecule has 0 aromatic heterocycles. The van der Waals surface area contributed by atoms with Crippen LogP contribution in [-0.2, 0) is 14.2 Å². The first-order chi connectivity index (χ1) is 8.68. The number of aliphatic hydroxyl groups is 1. The SMILES string of the molecule is CCNC(C)(CO)CCCOCCOCCOC. The Hall–Kier alpha value is -0.200. The van der Waals surface area contributed by atoms with Gasteiger partial charge in [0.15, 0.2) is 0 Å². The van der Waals surface area contributed by atoms with Gasteiger partial charge in [0, 0.05) is 19.3 Å². The van der Waals surface area contributed by atoms with Crippen molar-refractivity contribution in [3.63, 3.8) is 0 Å². The molecule has 0 saturated heterocycles. The van der Waals surface area contributed by atoms with Crippen LogP contribution in [0, 0.1) is 0 Å². The van der Waals surface area contributed by atoms with Crippen molar-refractivity contribution in [2.24, 2.45) is 0 Å². The van der Waals surface area contributed by atoms with E-state index in [9.17, 15) is 5.11 Å². The third-order valence-electron chi connectivity index (χ3n) is 2.77. The smallest absolute Gasteiger partial charge is 0.0701 e. The van der Waals surface area contributed by atoms with E-state index >= 15 is 0 Å². The Bertz CT molecular complexity index is 180. The summed E-state index contributed by atoms with van der Waals surface area (Å²) in [7, 11) is 1.66. The number of rotatable bonds is 13. The van der Waals surface area contributed by atoms with E-state index in [1.807, 2.05) is 13.8 Å². The van der Waals surface area contributed by atoms with Gasteiger partial charge in [0.05, 0.1) is 33.0 Å². The first-order valence-corrected chi connectivity index (χ1v) is 6.69. The van der Waals surface area contributed by atoms with Gasteiger partial charge in [0.25, 0.3) is 0 Å². The van der Waals surface area contributed by atoms with E-state index < -0.39 is 0 Å². The highest BCUT2D eigenvalue weighted by molar-refractivity contribution is 4.81. The van der Waals surface area contributed by atoms with Crippen LogP contribution in [0.3, 0.4) is 0 Å². The topological polar surface area (TPSA) is 60.0 Å². The van der Waals surface area contributed by atoms with Gasteiger partial charge in [-0.2, -0.15) is 0 Å². The van der Waals surface area contributed by atoms with Crippen molar-refractivity contribution in [3.05, 3.63) is 0 Å². The zero-order valence-corrected chi connectivity index (χ0v) is 12.0. The number of likely N-dealkylation sites (N-methyl/N-ethyl adjacent to an activating group) is 1. The molecule has 0 spiro atoms. The zero-order chi connectivity index (χ0) is 13.7. The van der Waals surface area contributed by atoms with Gasteiger partial charge in [-0.15, -0.1) is 0 Å². The minimum absolute atomic E-state index is 0.154. The average molecular weight is 263 g/mol. The zero-order valence-electron chi connectivity index (χ0n) is 12.0. The van der Waals surface area contributed by atoms with E-state index in [1.165, 1.54) is 0 Å². The third kappa shape index (κ3) is 9.79. The van der Waals surface area contributed by atoms with Gasteiger partial charge < -0.3 is 24.6 Å². The first kappa shape index (κ1) is 17.8. The molecule has 0 radical (unpaired) electrons. The largest absolute Gasteiger partial charge is 0.394 e. The third-order valence-corrected chi connectivity index (χ3v) is 2.77. The number of aliphatic hydroxyl groups excluding tert-OH is 1. The predicted molar refractivity (Wildman–Crippen MR) is 71.9 cm³/mol. The molecule has 18 heavy (non-hydrogen) atoms. The second-order valence-corrected chi connectivity index (χ2v) is 4.57. The van der Waals surface area contributed by atoms with Crippen molar-refractivity contribution >= 4 is 0 Å². The Morgan fingerprint density at radius 3 is 2.22 bits per heavy atom. The summed E-state index contributed by atoms with van der Waals surface area (Å²) in [6.07, 6.45) is 1.84. The molecule has 0 aliphatic carbocycles. The lowest BCUT2D eigenvalue weighted by atomic mass is 9.97. The molecule has 110 valence electrons. The molecule has 1 atom stereocenters. The van der Waals surface area contributed by atoms with E-state index in [2.05, 4.69) is 5.32 Å². The molecule has 0 aromatic carbocycles. The first-order valence-electron chi connectivity index (χ1n) is 6.69. The summed E-state index contributed by atoms with van der Waals surface area (Å²) in [5.41, 5.74) is -0.187. The second kappa shape index (κ2) is 11.9. The second-order valence-electron chi connectivity index (χ2n) is 4.57. The minimum atomic E-state index is -0.187. The van der Waals surface area contributed by atoms with Crippen LogP contribution < -0.4 is 5.32 Å². The molecule has 5 nitrogen and oxygen atoms in total. The summed E-state index contributed by atoms with van der Waals surface area (Å²) in [5, 5.41) is 12.6. The van der Waals surface area contributed by atoms with Gasteiger partial charge in [-0.05, 0) is 26.3 Å². The lowest BCUT2D eigenvalue weighted by molar-refractivity contribution is 0.0222. The molecule has 0 rings (SSSR count). The van der Waals surface area contributed by atoms with E-state index in [0.717, 1.165) is 19.4 Å². The quantitative estimate of drug-likeness (QED) is 0.482. The van der Waals surface area contributed by atoms with E-state index in [0.29, 0.717) is 33.0 Å². The highest BCUT2D eigenvalue weighted by Crippen LogP contribution is 2.11. The number of hydrogen-bond donors (Lipinski definition) is 2. The Morgan fingerprint density at radius 1 is 1.06 bits per heavy atom. The van der Waals surface area contributed by atoms with Crippen molar-refractivity contribution in [3.8, 4) is 0 Å². The Labute approximate surface area is 111 Å². The molecular formula is C13H29NO4. The van der Waals surface area contributed by atoms with Gasteiger partial charge in [-0.1, -0.05) is 6.92 Å². The summed E-state index contributed by atoms with van der Waals surface area (Å²) in [6.45, 7) is 8.25. The standard InChI is InChI=1S/C13H29NO4/c1-4-14-13(2,12-15)6-5-7-17-10-11-18-9-8-16-3/h14-15H,4-12H2,1-3H3. The molecule has 5 heteroatoms. The van der Waals surface area contributed by atoms with E-state index in [4.69, 9.17) is 14.2 Å². The van der Waals surface area contributed by atoms with Crippen LogP contribution in [0.4, 0.5) is 0 Å². The predicted octanol–water partition coefficient (Wildman–Crippen LogP) is 0.807. The lowest BCUT2D eigenvalue weighted by Crippen LogP contribution is -2.45. The normalized spacial score (nSPS) is 14.7. The fourth-order valence-electron chi connectivity index (χ4n) is 1.68. The van der Waals surface area contributed by atoms with Crippen molar-refractivity contribution in [2.75, 3.05) is 53.3 Å². The van der Waals surface area contributed by atoms with Crippen molar-refractivity contribution < 1.29 is 19.3 Å². The van der Waals surface area contributed by atoms with Crippen molar-refractivity contribution in [2.45, 2.75) is 32.2 Å². The maximum absolute atomic E-state index is 9.30. The van der Waals surface area contributed by atoms with Crippen molar-refractivity contribution in [1.29, 1.82) is 0 Å². The molecule has 1 unspecified atom stereocenters. The molecule has 0 heterocycles. The molecule has 0 aliphatic heterocycles. The van der Waals surface area contributed by atoms with E-state index in [1.54, 1.807) is 7.11 Å². The van der Waals surface area contributed by atoms with Crippen LogP contribution in [0.25, 0.3) is 0 Å².